The highest BCUT2D eigenvalue weighted by Gasteiger charge is 2.17. The Morgan fingerprint density at radius 1 is 1.20 bits per heavy atom. The Balaban J connectivity index is 1.62. The van der Waals surface area contributed by atoms with Gasteiger partial charge in [0.1, 0.15) is 17.5 Å². The maximum Gasteiger partial charge on any atom is 0.168 e. The predicted molar refractivity (Wildman–Crippen MR) is 98.2 cm³/mol. The maximum atomic E-state index is 11.0. The highest BCUT2D eigenvalue weighted by molar-refractivity contribution is 5.80. The fourth-order valence-corrected chi connectivity index (χ4v) is 3.60. The van der Waals surface area contributed by atoms with Gasteiger partial charge in [-0.3, -0.25) is 9.36 Å². The molecule has 0 spiro atoms. The number of nitrogens with zero attached hydrogens (tertiary/aromatic N) is 4. The number of aromatic nitrogens is 3. The second-order valence-electron chi connectivity index (χ2n) is 6.93. The molecule has 0 saturated carbocycles. The molecule has 128 valence electrons. The van der Waals surface area contributed by atoms with Crippen LogP contribution < -0.4 is 0 Å². The summed E-state index contributed by atoms with van der Waals surface area (Å²) in [6, 6.07) is 12.1. The van der Waals surface area contributed by atoms with Gasteiger partial charge in [0.2, 0.25) is 0 Å². The fraction of sp³-hybridized carbons (Fsp3) is 0.350. The van der Waals surface area contributed by atoms with E-state index in [9.17, 15) is 4.79 Å². The van der Waals surface area contributed by atoms with Crippen molar-refractivity contribution in [2.24, 2.45) is 5.92 Å². The van der Waals surface area contributed by atoms with Gasteiger partial charge in [-0.1, -0.05) is 12.1 Å². The first kappa shape index (κ1) is 16.0. The quantitative estimate of drug-likeness (QED) is 0.688. The lowest BCUT2D eigenvalue weighted by Gasteiger charge is -2.29. The standard InChI is InChI=1S/C20H22N4O/c1-23-9-7-15(8-10-23)11-16-3-2-4-18(12-16)24-14-21-19-6-5-17(13-25)22-20(19)24/h2-6,12-15H,7-11H2,1H3. The average Bonchev–Trinajstić information content (AvgIpc) is 3.07. The predicted octanol–water partition coefficient (Wildman–Crippen LogP) is 3.12. The lowest BCUT2D eigenvalue weighted by atomic mass is 9.90. The van der Waals surface area contributed by atoms with Crippen LogP contribution in [-0.2, 0) is 6.42 Å². The number of likely N-dealkylation sites (tertiary alicyclic amines) is 1. The van der Waals surface area contributed by atoms with Crippen LogP contribution in [0.25, 0.3) is 16.9 Å². The largest absolute Gasteiger partial charge is 0.306 e. The van der Waals surface area contributed by atoms with Crippen molar-refractivity contribution in [2.45, 2.75) is 19.3 Å². The first-order valence-electron chi connectivity index (χ1n) is 8.80. The third kappa shape index (κ3) is 3.33. The van der Waals surface area contributed by atoms with Gasteiger partial charge in [-0.15, -0.1) is 0 Å². The number of hydrogen-bond donors (Lipinski definition) is 0. The summed E-state index contributed by atoms with van der Waals surface area (Å²) in [7, 11) is 2.20. The second-order valence-corrected chi connectivity index (χ2v) is 6.93. The molecule has 0 aliphatic carbocycles. The molecule has 5 heteroatoms. The van der Waals surface area contributed by atoms with Crippen molar-refractivity contribution < 1.29 is 4.79 Å². The Hall–Kier alpha value is -2.53. The van der Waals surface area contributed by atoms with Gasteiger partial charge in [-0.05, 0) is 75.1 Å². The molecule has 0 atom stereocenters. The summed E-state index contributed by atoms with van der Waals surface area (Å²) in [6.45, 7) is 2.38. The van der Waals surface area contributed by atoms with Gasteiger partial charge < -0.3 is 4.90 Å². The minimum atomic E-state index is 0.428. The molecule has 1 fully saturated rings. The smallest absolute Gasteiger partial charge is 0.168 e. The van der Waals surface area contributed by atoms with E-state index in [1.165, 1.54) is 31.5 Å². The van der Waals surface area contributed by atoms with Crippen molar-refractivity contribution in [1.29, 1.82) is 0 Å². The third-order valence-corrected chi connectivity index (χ3v) is 5.09. The summed E-state index contributed by atoms with van der Waals surface area (Å²) in [4.78, 5) is 22.2. The Morgan fingerprint density at radius 3 is 2.84 bits per heavy atom. The molecular weight excluding hydrogens is 312 g/mol. The Labute approximate surface area is 147 Å². The molecule has 1 aliphatic heterocycles. The molecule has 0 bridgehead atoms. The lowest BCUT2D eigenvalue weighted by molar-refractivity contribution is 0.111. The number of hydrogen-bond acceptors (Lipinski definition) is 4. The van der Waals surface area contributed by atoms with Crippen LogP contribution in [0.2, 0.25) is 0 Å². The monoisotopic (exact) mass is 334 g/mol. The van der Waals surface area contributed by atoms with Gasteiger partial charge in [-0.2, -0.15) is 0 Å². The molecule has 0 radical (unpaired) electrons. The van der Waals surface area contributed by atoms with Gasteiger partial charge in [0, 0.05) is 5.69 Å². The Kier molecular flexibility index (Phi) is 4.32. The molecule has 0 unspecified atom stereocenters. The highest BCUT2D eigenvalue weighted by Crippen LogP contribution is 2.23. The Morgan fingerprint density at radius 2 is 2.04 bits per heavy atom. The first-order chi connectivity index (χ1) is 12.2. The summed E-state index contributed by atoms with van der Waals surface area (Å²) < 4.78 is 1.96. The number of fused-ring (bicyclic) bond motifs is 1. The molecule has 25 heavy (non-hydrogen) atoms. The zero-order valence-electron chi connectivity index (χ0n) is 14.4. The van der Waals surface area contributed by atoms with Crippen molar-refractivity contribution in [3.63, 3.8) is 0 Å². The van der Waals surface area contributed by atoms with Crippen LogP contribution in [0.1, 0.15) is 28.9 Å². The third-order valence-electron chi connectivity index (χ3n) is 5.09. The van der Waals surface area contributed by atoms with Gasteiger partial charge in [0.05, 0.1) is 0 Å². The lowest BCUT2D eigenvalue weighted by Crippen LogP contribution is -2.30. The molecule has 0 amide bonds. The fourth-order valence-electron chi connectivity index (χ4n) is 3.60. The number of aldehydes is 1. The second kappa shape index (κ2) is 6.76. The number of benzene rings is 1. The minimum absolute atomic E-state index is 0.428. The van der Waals surface area contributed by atoms with Crippen LogP contribution in [0.3, 0.4) is 0 Å². The topological polar surface area (TPSA) is 51.0 Å². The zero-order valence-corrected chi connectivity index (χ0v) is 14.4. The van der Waals surface area contributed by atoms with Gasteiger partial charge >= 0.3 is 0 Å². The maximum absolute atomic E-state index is 11.0. The minimum Gasteiger partial charge on any atom is -0.306 e. The van der Waals surface area contributed by atoms with E-state index >= 15 is 0 Å². The van der Waals surface area contributed by atoms with Crippen LogP contribution in [0.4, 0.5) is 0 Å². The van der Waals surface area contributed by atoms with Gasteiger partial charge in [0.15, 0.2) is 11.9 Å². The van der Waals surface area contributed by atoms with Crippen LogP contribution in [0.5, 0.6) is 0 Å². The van der Waals surface area contributed by atoms with E-state index in [0.29, 0.717) is 5.69 Å². The Bertz CT molecular complexity index is 894. The molecule has 0 N–H and O–H groups in total. The van der Waals surface area contributed by atoms with E-state index < -0.39 is 0 Å². The number of carbonyl (C=O) groups is 1. The van der Waals surface area contributed by atoms with Crippen LogP contribution >= 0.6 is 0 Å². The summed E-state index contributed by atoms with van der Waals surface area (Å²) in [5, 5.41) is 0. The van der Waals surface area contributed by atoms with Crippen molar-refractivity contribution in [3.8, 4) is 5.69 Å². The number of imidazole rings is 1. The number of rotatable bonds is 4. The number of carbonyl (C=O) groups excluding carboxylic acids is 1. The van der Waals surface area contributed by atoms with E-state index in [4.69, 9.17) is 0 Å². The van der Waals surface area contributed by atoms with Crippen LogP contribution in [0, 0.1) is 5.92 Å². The van der Waals surface area contributed by atoms with E-state index in [2.05, 4.69) is 46.2 Å². The molecule has 5 nitrogen and oxygen atoms in total. The van der Waals surface area contributed by atoms with Crippen LogP contribution in [0.15, 0.2) is 42.7 Å². The van der Waals surface area contributed by atoms with E-state index in [1.807, 2.05) is 10.6 Å². The molecule has 3 aromatic rings. The summed E-state index contributed by atoms with van der Waals surface area (Å²) in [5.41, 5.74) is 4.34. The van der Waals surface area contributed by atoms with E-state index in [-0.39, 0.29) is 0 Å². The van der Waals surface area contributed by atoms with Crippen molar-refractivity contribution >= 4 is 17.5 Å². The summed E-state index contributed by atoms with van der Waals surface area (Å²) in [5.74, 6) is 0.755. The normalized spacial score (nSPS) is 16.4. The SMILES string of the molecule is CN1CCC(Cc2cccc(-n3cnc4ccc(C=O)nc43)c2)CC1. The first-order valence-corrected chi connectivity index (χ1v) is 8.80. The number of pyridine rings is 1. The van der Waals surface area contributed by atoms with E-state index in [1.54, 1.807) is 12.4 Å². The molecule has 3 heterocycles. The van der Waals surface area contributed by atoms with Crippen molar-refractivity contribution in [1.82, 2.24) is 19.4 Å². The molecule has 1 aliphatic rings. The summed E-state index contributed by atoms with van der Waals surface area (Å²) in [6.07, 6.45) is 6.19. The average molecular weight is 334 g/mol. The van der Waals surface area contributed by atoms with E-state index in [0.717, 1.165) is 35.5 Å². The molecular formula is C20H22N4O. The van der Waals surface area contributed by atoms with Crippen molar-refractivity contribution in [3.05, 3.63) is 54.0 Å². The van der Waals surface area contributed by atoms with Gasteiger partial charge in [-0.25, -0.2) is 9.97 Å². The van der Waals surface area contributed by atoms with Crippen molar-refractivity contribution in [2.75, 3.05) is 20.1 Å². The zero-order chi connectivity index (χ0) is 17.2. The highest BCUT2D eigenvalue weighted by atomic mass is 16.1. The molecule has 4 rings (SSSR count). The molecule has 1 aromatic carbocycles. The molecule has 2 aromatic heterocycles. The summed E-state index contributed by atoms with van der Waals surface area (Å²) >= 11 is 0. The number of piperidine rings is 1. The van der Waals surface area contributed by atoms with Gasteiger partial charge in [0.25, 0.3) is 0 Å². The van der Waals surface area contributed by atoms with Crippen LogP contribution in [-0.4, -0.2) is 45.9 Å². The molecule has 1 saturated heterocycles.